The van der Waals surface area contributed by atoms with Gasteiger partial charge in [-0.25, -0.2) is 13.4 Å². The first-order chi connectivity index (χ1) is 13.2. The third kappa shape index (κ3) is 4.39. The summed E-state index contributed by atoms with van der Waals surface area (Å²) in [6.45, 7) is 6.34. The first-order valence-corrected chi connectivity index (χ1v) is 11.1. The van der Waals surface area contributed by atoms with Crippen molar-refractivity contribution in [2.45, 2.75) is 44.7 Å². The monoisotopic (exact) mass is 424 g/mol. The minimum Gasteiger partial charge on any atom is -0.334 e. The Hall–Kier alpha value is -1.90. The fourth-order valence-corrected chi connectivity index (χ4v) is 4.92. The quantitative estimate of drug-likeness (QED) is 0.796. The highest BCUT2D eigenvalue weighted by Gasteiger charge is 2.34. The number of sulfonamides is 1. The van der Waals surface area contributed by atoms with Crippen LogP contribution in [-0.4, -0.2) is 41.3 Å². The van der Waals surface area contributed by atoms with Crippen LogP contribution in [0.2, 0.25) is 5.02 Å². The number of hydrogen-bond acceptors (Lipinski definition) is 4. The number of carbonyl (C=O) groups excluding carboxylic acids is 1. The maximum atomic E-state index is 12.9. The van der Waals surface area contributed by atoms with Gasteiger partial charge in [0.25, 0.3) is 10.0 Å². The molecule has 1 aromatic heterocycles. The van der Waals surface area contributed by atoms with Crippen LogP contribution < -0.4 is 5.32 Å². The van der Waals surface area contributed by atoms with Crippen molar-refractivity contribution in [1.29, 1.82) is 0 Å². The zero-order valence-electron chi connectivity index (χ0n) is 16.2. The van der Waals surface area contributed by atoms with E-state index in [-0.39, 0.29) is 23.5 Å². The Kier molecular flexibility index (Phi) is 6.12. The molecule has 0 aliphatic carbocycles. The Morgan fingerprint density at radius 2 is 2.11 bits per heavy atom. The van der Waals surface area contributed by atoms with Gasteiger partial charge in [-0.05, 0) is 51.3 Å². The van der Waals surface area contributed by atoms with E-state index >= 15 is 0 Å². The number of carbonyl (C=O) groups is 1. The molecule has 0 spiro atoms. The smallest absolute Gasteiger partial charge is 0.262 e. The molecule has 2 heterocycles. The van der Waals surface area contributed by atoms with E-state index in [0.29, 0.717) is 30.1 Å². The van der Waals surface area contributed by atoms with E-state index in [1.807, 2.05) is 26.8 Å². The second kappa shape index (κ2) is 8.23. The second-order valence-electron chi connectivity index (χ2n) is 7.43. The highest BCUT2D eigenvalue weighted by Crippen LogP contribution is 2.27. The summed E-state index contributed by atoms with van der Waals surface area (Å²) in [4.78, 5) is 16.8. The molecule has 1 atom stereocenters. The highest BCUT2D eigenvalue weighted by molar-refractivity contribution is 7.89. The number of nitrogens with zero attached hydrogens (tertiary/aromatic N) is 3. The van der Waals surface area contributed by atoms with E-state index in [1.54, 1.807) is 16.7 Å². The van der Waals surface area contributed by atoms with Crippen LogP contribution >= 0.6 is 11.6 Å². The molecule has 0 radical (unpaired) electrons. The lowest BCUT2D eigenvalue weighted by atomic mass is 9.98. The van der Waals surface area contributed by atoms with E-state index in [2.05, 4.69) is 10.3 Å². The van der Waals surface area contributed by atoms with Crippen LogP contribution in [0.5, 0.6) is 0 Å². The van der Waals surface area contributed by atoms with E-state index < -0.39 is 15.9 Å². The molecule has 9 heteroatoms. The van der Waals surface area contributed by atoms with Crippen molar-refractivity contribution in [3.63, 3.8) is 0 Å². The molecule has 0 bridgehead atoms. The number of hydrogen-bond donors (Lipinski definition) is 1. The van der Waals surface area contributed by atoms with Crippen LogP contribution in [-0.2, 0) is 14.8 Å². The number of nitrogens with one attached hydrogen (secondary N) is 1. The van der Waals surface area contributed by atoms with Crippen LogP contribution in [0.3, 0.4) is 0 Å². The fourth-order valence-electron chi connectivity index (χ4n) is 3.20. The highest BCUT2D eigenvalue weighted by atomic mass is 35.5. The Balaban J connectivity index is 1.72. The summed E-state index contributed by atoms with van der Waals surface area (Å²) in [6, 6.07) is 5.52. The molecule has 1 aliphatic heterocycles. The summed E-state index contributed by atoms with van der Waals surface area (Å²) < 4.78 is 29.0. The summed E-state index contributed by atoms with van der Waals surface area (Å²) in [7, 11) is -3.73. The van der Waals surface area contributed by atoms with Crippen LogP contribution in [0.4, 0.5) is 5.69 Å². The van der Waals surface area contributed by atoms with Crippen molar-refractivity contribution in [1.82, 2.24) is 13.9 Å². The second-order valence-corrected chi connectivity index (χ2v) is 9.72. The summed E-state index contributed by atoms with van der Waals surface area (Å²) in [5.41, 5.74) is 1.53. The van der Waals surface area contributed by atoms with Gasteiger partial charge in [0.15, 0.2) is 5.03 Å². The van der Waals surface area contributed by atoms with Crippen LogP contribution in [0.15, 0.2) is 35.7 Å². The molecule has 0 saturated carbocycles. The number of piperidine rings is 1. The minimum atomic E-state index is -3.73. The Bertz CT molecular complexity index is 971. The first-order valence-electron chi connectivity index (χ1n) is 9.29. The Labute approximate surface area is 170 Å². The third-order valence-electron chi connectivity index (χ3n) is 4.92. The molecular weight excluding hydrogens is 400 g/mol. The summed E-state index contributed by atoms with van der Waals surface area (Å²) >= 11 is 6.19. The van der Waals surface area contributed by atoms with Gasteiger partial charge in [0, 0.05) is 25.3 Å². The lowest BCUT2D eigenvalue weighted by Crippen LogP contribution is -2.43. The van der Waals surface area contributed by atoms with Crippen molar-refractivity contribution < 1.29 is 13.2 Å². The van der Waals surface area contributed by atoms with E-state index in [1.165, 1.54) is 16.8 Å². The lowest BCUT2D eigenvalue weighted by molar-refractivity contribution is -0.120. The van der Waals surface area contributed by atoms with Gasteiger partial charge in [-0.1, -0.05) is 17.7 Å². The average molecular weight is 425 g/mol. The van der Waals surface area contributed by atoms with E-state index in [9.17, 15) is 13.2 Å². The van der Waals surface area contributed by atoms with Gasteiger partial charge in [-0.2, -0.15) is 4.31 Å². The summed E-state index contributed by atoms with van der Waals surface area (Å²) in [5, 5.41) is 3.31. The van der Waals surface area contributed by atoms with Gasteiger partial charge in [-0.15, -0.1) is 0 Å². The average Bonchev–Trinajstić information content (AvgIpc) is 3.15. The molecule has 1 N–H and O–H groups in total. The first kappa shape index (κ1) is 20.8. The third-order valence-corrected chi connectivity index (χ3v) is 6.98. The largest absolute Gasteiger partial charge is 0.334 e. The summed E-state index contributed by atoms with van der Waals surface area (Å²) in [6.07, 6.45) is 4.30. The number of amides is 1. The molecule has 3 rings (SSSR count). The molecule has 7 nitrogen and oxygen atoms in total. The SMILES string of the molecule is Cc1ccc(NC(=O)[C@@H]2CCCN(S(=O)(=O)c3cn(C(C)C)cn3)C2)c(Cl)c1. The molecule has 152 valence electrons. The summed E-state index contributed by atoms with van der Waals surface area (Å²) in [5.74, 6) is -0.661. The number of imidazole rings is 1. The molecular formula is C19H25ClN4O3S. The van der Waals surface area contributed by atoms with Crippen molar-refractivity contribution in [3.8, 4) is 0 Å². The minimum absolute atomic E-state index is 0.0174. The molecule has 1 fully saturated rings. The molecule has 1 aliphatic rings. The normalized spacial score (nSPS) is 18.4. The molecule has 0 unspecified atom stereocenters. The van der Waals surface area contributed by atoms with Gasteiger partial charge in [0.2, 0.25) is 5.91 Å². The van der Waals surface area contributed by atoms with Crippen LogP contribution in [0.25, 0.3) is 0 Å². The number of aryl methyl sites for hydroxylation is 1. The standard InChI is InChI=1S/C19H25ClN4O3S/c1-13(2)23-11-18(21-12-23)28(26,27)24-8-4-5-15(10-24)19(25)22-17-7-6-14(3)9-16(17)20/h6-7,9,11-13,15H,4-5,8,10H2,1-3H3,(H,22,25)/t15-/m1/s1. The van der Waals surface area contributed by atoms with Crippen molar-refractivity contribution in [2.75, 3.05) is 18.4 Å². The van der Waals surface area contributed by atoms with Crippen molar-refractivity contribution in [3.05, 3.63) is 41.3 Å². The molecule has 1 aromatic carbocycles. The molecule has 2 aromatic rings. The number of benzene rings is 1. The topological polar surface area (TPSA) is 84.3 Å². The maximum absolute atomic E-state index is 12.9. The zero-order chi connectivity index (χ0) is 20.5. The maximum Gasteiger partial charge on any atom is 0.262 e. The molecule has 1 amide bonds. The zero-order valence-corrected chi connectivity index (χ0v) is 17.8. The Morgan fingerprint density at radius 3 is 2.75 bits per heavy atom. The van der Waals surface area contributed by atoms with Crippen LogP contribution in [0.1, 0.15) is 38.3 Å². The fraction of sp³-hybridized carbons (Fsp3) is 0.474. The predicted octanol–water partition coefficient (Wildman–Crippen LogP) is 3.47. The number of rotatable bonds is 5. The van der Waals surface area contributed by atoms with E-state index in [0.717, 1.165) is 5.56 Å². The van der Waals surface area contributed by atoms with Crippen molar-refractivity contribution in [2.24, 2.45) is 5.92 Å². The van der Waals surface area contributed by atoms with Gasteiger partial charge in [0.1, 0.15) is 0 Å². The number of anilines is 1. The van der Waals surface area contributed by atoms with Gasteiger partial charge in [-0.3, -0.25) is 4.79 Å². The Morgan fingerprint density at radius 1 is 1.36 bits per heavy atom. The van der Waals surface area contributed by atoms with E-state index in [4.69, 9.17) is 11.6 Å². The molecule has 1 saturated heterocycles. The lowest BCUT2D eigenvalue weighted by Gasteiger charge is -2.30. The molecule has 28 heavy (non-hydrogen) atoms. The van der Waals surface area contributed by atoms with Gasteiger partial charge >= 0.3 is 0 Å². The van der Waals surface area contributed by atoms with Crippen LogP contribution in [0, 0.1) is 12.8 Å². The van der Waals surface area contributed by atoms with Crippen molar-refractivity contribution >= 4 is 33.2 Å². The van der Waals surface area contributed by atoms with Gasteiger partial charge < -0.3 is 9.88 Å². The number of halogens is 1. The number of aromatic nitrogens is 2. The van der Waals surface area contributed by atoms with Gasteiger partial charge in [0.05, 0.1) is 23.0 Å². The predicted molar refractivity (Wildman–Crippen MR) is 109 cm³/mol.